The van der Waals surface area contributed by atoms with E-state index in [0.717, 1.165) is 40.0 Å². The summed E-state index contributed by atoms with van der Waals surface area (Å²) in [7, 11) is 1.54. The third kappa shape index (κ3) is 5.86. The lowest BCUT2D eigenvalue weighted by Crippen LogP contribution is -2.46. The molecule has 4 aromatic carbocycles. The van der Waals surface area contributed by atoms with Crippen molar-refractivity contribution < 1.29 is 29.3 Å². The minimum absolute atomic E-state index is 0.0392. The Bertz CT molecular complexity index is 1970. The number of para-hydroxylation sites is 1. The van der Waals surface area contributed by atoms with Gasteiger partial charge in [0.2, 0.25) is 11.8 Å². The molecule has 0 aromatic heterocycles. The molecule has 4 aromatic rings. The first-order chi connectivity index (χ1) is 24.2. The van der Waals surface area contributed by atoms with E-state index in [0.29, 0.717) is 36.4 Å². The van der Waals surface area contributed by atoms with Crippen LogP contribution in [-0.4, -0.2) is 52.6 Å². The third-order valence-electron chi connectivity index (χ3n) is 10.4. The lowest BCUT2D eigenvalue weighted by molar-refractivity contribution is -0.139. The maximum atomic E-state index is 14.2. The Morgan fingerprint density at radius 1 is 0.940 bits per heavy atom. The highest BCUT2D eigenvalue weighted by molar-refractivity contribution is 6.07. The molecule has 9 heteroatoms. The number of carbonyl (C=O) groups excluding carboxylic acids is 3. The molecule has 7 rings (SSSR count). The zero-order chi connectivity index (χ0) is 35.0. The molecule has 3 amide bonds. The molecule has 50 heavy (non-hydrogen) atoms. The number of benzene rings is 4. The molecule has 3 aliphatic heterocycles. The number of methoxy groups -OCH3 is 1. The summed E-state index contributed by atoms with van der Waals surface area (Å²) in [6.45, 7) is 2.27. The summed E-state index contributed by atoms with van der Waals surface area (Å²) < 4.78 is 5.47. The Hall–Kier alpha value is -5.25. The van der Waals surface area contributed by atoms with Crippen LogP contribution >= 0.6 is 0 Å². The quantitative estimate of drug-likeness (QED) is 0.225. The van der Waals surface area contributed by atoms with E-state index < -0.39 is 17.4 Å². The highest BCUT2D eigenvalue weighted by Crippen LogP contribution is 2.47. The Morgan fingerprint density at radius 3 is 2.40 bits per heavy atom. The number of rotatable bonds is 9. The first-order valence-corrected chi connectivity index (χ1v) is 17.1. The Morgan fingerprint density at radius 2 is 1.66 bits per heavy atom. The molecule has 3 atom stereocenters. The van der Waals surface area contributed by atoms with E-state index in [1.54, 1.807) is 52.0 Å². The average Bonchev–Trinajstić information content (AvgIpc) is 3.36. The SMILES string of the molecule is COc1ccc2c(c1)[C@@](O)([C@H](C)/C=C/CC(=O)N1Cc3ccccc3C[C@H]1CO)C(=O)N2Cc1ccc(N2C(=O)CCc3ccccc32)cc1. The van der Waals surface area contributed by atoms with Crippen LogP contribution in [0.4, 0.5) is 17.1 Å². The largest absolute Gasteiger partial charge is 0.497 e. The van der Waals surface area contributed by atoms with E-state index >= 15 is 0 Å². The number of aliphatic hydroxyl groups excluding tert-OH is 1. The summed E-state index contributed by atoms with van der Waals surface area (Å²) in [5.41, 5.74) is 4.93. The molecule has 0 bridgehead atoms. The number of ether oxygens (including phenoxy) is 1. The smallest absolute Gasteiger partial charge is 0.264 e. The van der Waals surface area contributed by atoms with Gasteiger partial charge in [0.25, 0.3) is 5.91 Å². The molecule has 0 saturated carbocycles. The Balaban J connectivity index is 1.10. The maximum Gasteiger partial charge on any atom is 0.264 e. The van der Waals surface area contributed by atoms with Crippen LogP contribution in [0.2, 0.25) is 0 Å². The molecule has 0 fully saturated rings. The molecule has 2 N–H and O–H groups in total. The lowest BCUT2D eigenvalue weighted by atomic mass is 9.82. The standard InChI is InChI=1S/C41H41N3O6/c1-27(8-7-13-38(46)42-25-31-11-4-3-10-30(31)22-33(42)26-45)41(49)35-23-34(50-2)19-20-37(35)43(40(41)48)24-28-14-17-32(18-15-28)44-36-12-6-5-9-29(36)16-21-39(44)47/h3-12,14-15,17-20,23,27,33,45,49H,13,16,21-22,24-26H2,1-2H3/b8-7+/t27-,33+,41+/m1/s1. The fraction of sp³-hybridized carbons (Fsp3) is 0.293. The summed E-state index contributed by atoms with van der Waals surface area (Å²) in [5, 5.41) is 22.2. The van der Waals surface area contributed by atoms with Crippen LogP contribution in [0.25, 0.3) is 0 Å². The van der Waals surface area contributed by atoms with E-state index in [9.17, 15) is 24.6 Å². The first-order valence-electron chi connectivity index (χ1n) is 17.1. The van der Waals surface area contributed by atoms with Crippen molar-refractivity contribution in [3.05, 3.63) is 131 Å². The van der Waals surface area contributed by atoms with Gasteiger partial charge in [-0.15, -0.1) is 0 Å². The number of aliphatic hydroxyl groups is 2. The van der Waals surface area contributed by atoms with Crippen molar-refractivity contribution in [2.24, 2.45) is 5.92 Å². The number of anilines is 3. The summed E-state index contributed by atoms with van der Waals surface area (Å²) in [5.74, 6) is -0.728. The molecule has 256 valence electrons. The molecule has 0 spiro atoms. The van der Waals surface area contributed by atoms with Crippen molar-refractivity contribution in [1.29, 1.82) is 0 Å². The van der Waals surface area contributed by atoms with Gasteiger partial charge < -0.3 is 24.7 Å². The zero-order valence-corrected chi connectivity index (χ0v) is 28.3. The van der Waals surface area contributed by atoms with Gasteiger partial charge in [-0.05, 0) is 71.5 Å². The van der Waals surface area contributed by atoms with E-state index in [1.165, 1.54) is 7.11 Å². The van der Waals surface area contributed by atoms with E-state index in [1.807, 2.05) is 72.8 Å². The average molecular weight is 672 g/mol. The van der Waals surface area contributed by atoms with Gasteiger partial charge in [-0.1, -0.05) is 73.7 Å². The number of hydrogen-bond donors (Lipinski definition) is 2. The summed E-state index contributed by atoms with van der Waals surface area (Å²) in [6, 6.07) is 28.4. The van der Waals surface area contributed by atoms with Crippen LogP contribution < -0.4 is 14.5 Å². The van der Waals surface area contributed by atoms with Gasteiger partial charge in [0.1, 0.15) is 5.75 Å². The molecule has 0 unspecified atom stereocenters. The molecule has 3 aliphatic rings. The van der Waals surface area contributed by atoms with Gasteiger partial charge >= 0.3 is 0 Å². The number of amides is 3. The fourth-order valence-electron chi connectivity index (χ4n) is 7.53. The molecule has 0 saturated heterocycles. The van der Waals surface area contributed by atoms with Crippen molar-refractivity contribution in [3.63, 3.8) is 0 Å². The second-order valence-electron chi connectivity index (χ2n) is 13.3. The van der Waals surface area contributed by atoms with Gasteiger partial charge in [-0.2, -0.15) is 0 Å². The highest BCUT2D eigenvalue weighted by Gasteiger charge is 2.52. The third-order valence-corrected chi connectivity index (χ3v) is 10.4. The minimum atomic E-state index is -1.90. The topological polar surface area (TPSA) is 111 Å². The molecule has 9 nitrogen and oxygen atoms in total. The van der Waals surface area contributed by atoms with Gasteiger partial charge in [0.05, 0.1) is 37.7 Å². The number of aryl methyl sites for hydroxylation is 1. The summed E-state index contributed by atoms with van der Waals surface area (Å²) >= 11 is 0. The van der Waals surface area contributed by atoms with Crippen LogP contribution in [0, 0.1) is 5.92 Å². The highest BCUT2D eigenvalue weighted by atomic mass is 16.5. The maximum absolute atomic E-state index is 14.2. The number of hydrogen-bond acceptors (Lipinski definition) is 6. The van der Waals surface area contributed by atoms with Gasteiger partial charge in [0, 0.05) is 36.6 Å². The summed E-state index contributed by atoms with van der Waals surface area (Å²) in [4.78, 5) is 45.6. The van der Waals surface area contributed by atoms with E-state index in [-0.39, 0.29) is 37.4 Å². The monoisotopic (exact) mass is 671 g/mol. The summed E-state index contributed by atoms with van der Waals surface area (Å²) in [6.07, 6.45) is 5.24. The molecule has 0 radical (unpaired) electrons. The fourth-order valence-corrected chi connectivity index (χ4v) is 7.53. The molecule has 0 aliphatic carbocycles. The Labute approximate surface area is 292 Å². The molecular weight excluding hydrogens is 630 g/mol. The minimum Gasteiger partial charge on any atom is -0.497 e. The number of carbonyl (C=O) groups is 3. The van der Waals surface area contributed by atoms with Crippen molar-refractivity contribution in [2.75, 3.05) is 23.5 Å². The van der Waals surface area contributed by atoms with Crippen LogP contribution in [-0.2, 0) is 45.9 Å². The van der Waals surface area contributed by atoms with Crippen LogP contribution in [0.5, 0.6) is 5.75 Å². The van der Waals surface area contributed by atoms with E-state index in [4.69, 9.17) is 4.74 Å². The second kappa shape index (κ2) is 13.6. The number of fused-ring (bicyclic) bond motifs is 3. The zero-order valence-electron chi connectivity index (χ0n) is 28.3. The number of nitrogens with zero attached hydrogens (tertiary/aromatic N) is 3. The predicted molar refractivity (Wildman–Crippen MR) is 191 cm³/mol. The van der Waals surface area contributed by atoms with Crippen molar-refractivity contribution >= 4 is 34.8 Å². The predicted octanol–water partition coefficient (Wildman–Crippen LogP) is 5.57. The van der Waals surface area contributed by atoms with E-state index in [2.05, 4.69) is 0 Å². The second-order valence-corrected chi connectivity index (χ2v) is 13.3. The van der Waals surface area contributed by atoms with Crippen LogP contribution in [0.1, 0.15) is 47.6 Å². The van der Waals surface area contributed by atoms with Gasteiger partial charge in [-0.3, -0.25) is 19.3 Å². The normalized spacial score (nSPS) is 20.5. The lowest BCUT2D eigenvalue weighted by Gasteiger charge is -2.36. The molecular formula is C41H41N3O6. The molecule has 3 heterocycles. The first kappa shape index (κ1) is 33.3. The van der Waals surface area contributed by atoms with Crippen LogP contribution in [0.15, 0.2) is 103 Å². The van der Waals surface area contributed by atoms with Crippen molar-refractivity contribution in [3.8, 4) is 5.75 Å². The van der Waals surface area contributed by atoms with Crippen molar-refractivity contribution in [1.82, 2.24) is 4.90 Å². The van der Waals surface area contributed by atoms with Crippen LogP contribution in [0.3, 0.4) is 0 Å². The van der Waals surface area contributed by atoms with Gasteiger partial charge in [-0.25, -0.2) is 0 Å². The van der Waals surface area contributed by atoms with Gasteiger partial charge in [0.15, 0.2) is 5.60 Å². The Kier molecular flexibility index (Phi) is 9.03. The van der Waals surface area contributed by atoms with Crippen molar-refractivity contribution in [2.45, 2.75) is 57.3 Å².